The number of carbonyl (C=O) groups is 1. The molecule has 2 aromatic carbocycles. The highest BCUT2D eigenvalue weighted by Gasteiger charge is 2.15. The lowest BCUT2D eigenvalue weighted by atomic mass is 10.2. The van der Waals surface area contributed by atoms with Gasteiger partial charge < -0.3 is 9.84 Å². The Morgan fingerprint density at radius 1 is 1.38 bits per heavy atom. The monoisotopic (exact) mass is 349 g/mol. The molecule has 0 atom stereocenters. The van der Waals surface area contributed by atoms with E-state index in [1.54, 1.807) is 12.1 Å². The van der Waals surface area contributed by atoms with E-state index in [4.69, 9.17) is 16.3 Å². The zero-order valence-electron chi connectivity index (χ0n) is 12.4. The van der Waals surface area contributed by atoms with Crippen LogP contribution in [0, 0.1) is 10.1 Å². The molecular formula is C15H12ClN3O5. The number of amides is 1. The average molecular weight is 350 g/mol. The summed E-state index contributed by atoms with van der Waals surface area (Å²) < 4.78 is 4.91. The topological polar surface area (TPSA) is 114 Å². The van der Waals surface area contributed by atoms with Crippen LogP contribution in [0.1, 0.15) is 15.9 Å². The maximum Gasteiger partial charge on any atom is 0.288 e. The molecule has 124 valence electrons. The van der Waals surface area contributed by atoms with Crippen molar-refractivity contribution >= 4 is 29.4 Å². The third-order valence-electron chi connectivity index (χ3n) is 2.99. The number of hydrogen-bond donors (Lipinski definition) is 2. The fraction of sp³-hybridized carbons (Fsp3) is 0.0667. The summed E-state index contributed by atoms with van der Waals surface area (Å²) in [7, 11) is 1.42. The van der Waals surface area contributed by atoms with E-state index >= 15 is 0 Å². The summed E-state index contributed by atoms with van der Waals surface area (Å²) in [5.41, 5.74) is 2.43. The number of aromatic hydroxyl groups is 1. The van der Waals surface area contributed by atoms with Crippen LogP contribution in [-0.4, -0.2) is 29.3 Å². The van der Waals surface area contributed by atoms with Gasteiger partial charge in [-0.25, -0.2) is 5.43 Å². The lowest BCUT2D eigenvalue weighted by molar-refractivity contribution is -0.384. The Labute approximate surface area is 141 Å². The second kappa shape index (κ2) is 7.42. The third kappa shape index (κ3) is 3.99. The molecule has 0 saturated carbocycles. The van der Waals surface area contributed by atoms with Crippen LogP contribution in [0.2, 0.25) is 5.02 Å². The van der Waals surface area contributed by atoms with Crippen LogP contribution in [0.15, 0.2) is 41.5 Å². The van der Waals surface area contributed by atoms with Gasteiger partial charge in [-0.15, -0.1) is 0 Å². The maximum atomic E-state index is 11.9. The van der Waals surface area contributed by atoms with Crippen LogP contribution >= 0.6 is 11.6 Å². The number of benzene rings is 2. The number of ether oxygens (including phenoxy) is 1. The summed E-state index contributed by atoms with van der Waals surface area (Å²) in [4.78, 5) is 22.1. The SMILES string of the molecule is COc1ccc(/C=N/NC(=O)c2ccc(Cl)c([N+](=O)[O-])c2)cc1O. The van der Waals surface area contributed by atoms with E-state index in [0.717, 1.165) is 6.07 Å². The van der Waals surface area contributed by atoms with Gasteiger partial charge in [0.1, 0.15) is 5.02 Å². The quantitative estimate of drug-likeness (QED) is 0.489. The Bertz CT molecular complexity index is 823. The first-order valence-electron chi connectivity index (χ1n) is 6.56. The molecule has 0 aromatic heterocycles. The number of nitro benzene ring substituents is 1. The molecule has 2 N–H and O–H groups in total. The minimum Gasteiger partial charge on any atom is -0.504 e. The van der Waals surface area contributed by atoms with Crippen molar-refractivity contribution < 1.29 is 19.6 Å². The molecular weight excluding hydrogens is 338 g/mol. The van der Waals surface area contributed by atoms with Gasteiger partial charge in [0.05, 0.1) is 18.2 Å². The molecule has 0 fully saturated rings. The molecule has 0 heterocycles. The van der Waals surface area contributed by atoms with E-state index in [2.05, 4.69) is 10.5 Å². The van der Waals surface area contributed by atoms with Crippen molar-refractivity contribution in [3.63, 3.8) is 0 Å². The smallest absolute Gasteiger partial charge is 0.288 e. The van der Waals surface area contributed by atoms with Crippen molar-refractivity contribution in [3.8, 4) is 11.5 Å². The molecule has 2 rings (SSSR count). The van der Waals surface area contributed by atoms with Gasteiger partial charge >= 0.3 is 0 Å². The van der Waals surface area contributed by atoms with Gasteiger partial charge in [-0.2, -0.15) is 5.10 Å². The molecule has 0 bridgehead atoms. The van der Waals surface area contributed by atoms with Crippen LogP contribution in [0.5, 0.6) is 11.5 Å². The van der Waals surface area contributed by atoms with E-state index in [0.29, 0.717) is 11.3 Å². The van der Waals surface area contributed by atoms with Crippen LogP contribution in [0.25, 0.3) is 0 Å². The Morgan fingerprint density at radius 2 is 2.12 bits per heavy atom. The normalized spacial score (nSPS) is 10.6. The summed E-state index contributed by atoms with van der Waals surface area (Å²) in [6.45, 7) is 0. The minimum atomic E-state index is -0.678. The lowest BCUT2D eigenvalue weighted by Gasteiger charge is -2.03. The number of rotatable bonds is 5. The van der Waals surface area contributed by atoms with Crippen molar-refractivity contribution in [1.29, 1.82) is 0 Å². The van der Waals surface area contributed by atoms with Gasteiger partial charge in [-0.05, 0) is 35.9 Å². The molecule has 9 heteroatoms. The number of phenolic OH excluding ortho intramolecular Hbond substituents is 1. The molecule has 0 aliphatic heterocycles. The van der Waals surface area contributed by atoms with Crippen molar-refractivity contribution in [1.82, 2.24) is 5.43 Å². The largest absolute Gasteiger partial charge is 0.504 e. The van der Waals surface area contributed by atoms with Crippen LogP contribution in [0.3, 0.4) is 0 Å². The second-order valence-electron chi connectivity index (χ2n) is 4.55. The van der Waals surface area contributed by atoms with E-state index in [1.165, 1.54) is 31.5 Å². The van der Waals surface area contributed by atoms with Crippen molar-refractivity contribution in [2.24, 2.45) is 5.10 Å². The molecule has 0 saturated heterocycles. The minimum absolute atomic E-state index is 0.0424. The van der Waals surface area contributed by atoms with Gasteiger partial charge in [0.15, 0.2) is 11.5 Å². The average Bonchev–Trinajstić information content (AvgIpc) is 2.55. The molecule has 0 aliphatic carbocycles. The van der Waals surface area contributed by atoms with Crippen molar-refractivity contribution in [3.05, 3.63) is 62.7 Å². The lowest BCUT2D eigenvalue weighted by Crippen LogP contribution is -2.17. The van der Waals surface area contributed by atoms with Crippen LogP contribution in [0.4, 0.5) is 5.69 Å². The number of hydrogen-bond acceptors (Lipinski definition) is 6. The Kier molecular flexibility index (Phi) is 5.33. The molecule has 0 aliphatic rings. The highest BCUT2D eigenvalue weighted by atomic mass is 35.5. The highest BCUT2D eigenvalue weighted by Crippen LogP contribution is 2.26. The number of carbonyl (C=O) groups excluding carboxylic acids is 1. The number of nitro groups is 1. The first-order chi connectivity index (χ1) is 11.4. The predicted octanol–water partition coefficient (Wildman–Crippen LogP) is 2.73. The first kappa shape index (κ1) is 17.2. The molecule has 0 unspecified atom stereocenters. The zero-order chi connectivity index (χ0) is 17.7. The molecule has 24 heavy (non-hydrogen) atoms. The fourth-order valence-corrected chi connectivity index (χ4v) is 2.00. The molecule has 0 spiro atoms. The number of nitrogens with zero attached hydrogens (tertiary/aromatic N) is 2. The number of hydrazone groups is 1. The molecule has 1 amide bonds. The Morgan fingerprint density at radius 3 is 2.75 bits per heavy atom. The summed E-state index contributed by atoms with van der Waals surface area (Å²) in [6, 6.07) is 8.25. The van der Waals surface area contributed by atoms with E-state index in [-0.39, 0.29) is 22.0 Å². The van der Waals surface area contributed by atoms with Gasteiger partial charge in [-0.3, -0.25) is 14.9 Å². The van der Waals surface area contributed by atoms with Crippen LogP contribution < -0.4 is 10.2 Å². The number of methoxy groups -OCH3 is 1. The van der Waals surface area contributed by atoms with Crippen molar-refractivity contribution in [2.75, 3.05) is 7.11 Å². The Hall–Kier alpha value is -3.13. The molecule has 0 radical (unpaired) electrons. The first-order valence-corrected chi connectivity index (χ1v) is 6.94. The summed E-state index contributed by atoms with van der Waals surface area (Å²) in [5, 5.41) is 24.1. The predicted molar refractivity (Wildman–Crippen MR) is 87.8 cm³/mol. The zero-order valence-corrected chi connectivity index (χ0v) is 13.1. The molecule has 8 nitrogen and oxygen atoms in total. The summed E-state index contributed by atoms with van der Waals surface area (Å²) >= 11 is 5.68. The number of halogens is 1. The standard InChI is InChI=1S/C15H12ClN3O5/c1-24-14-5-2-9(6-13(14)20)8-17-18-15(21)10-3-4-11(16)12(7-10)19(22)23/h2-8,20H,1H3,(H,18,21)/b17-8+. The van der Waals surface area contributed by atoms with Gasteiger partial charge in [0.25, 0.3) is 11.6 Å². The maximum absolute atomic E-state index is 11.9. The Balaban J connectivity index is 2.09. The summed E-state index contributed by atoms with van der Waals surface area (Å²) in [6.07, 6.45) is 1.31. The number of phenols is 1. The summed E-state index contributed by atoms with van der Waals surface area (Å²) in [5.74, 6) is -0.394. The van der Waals surface area contributed by atoms with Crippen LogP contribution in [-0.2, 0) is 0 Å². The van der Waals surface area contributed by atoms with E-state index < -0.39 is 10.8 Å². The van der Waals surface area contributed by atoms with E-state index in [1.807, 2.05) is 0 Å². The van der Waals surface area contributed by atoms with Gasteiger partial charge in [0.2, 0.25) is 0 Å². The molecule has 2 aromatic rings. The number of nitrogens with one attached hydrogen (secondary N) is 1. The highest BCUT2D eigenvalue weighted by molar-refractivity contribution is 6.32. The van der Waals surface area contributed by atoms with Crippen molar-refractivity contribution in [2.45, 2.75) is 0 Å². The fourth-order valence-electron chi connectivity index (χ4n) is 1.81. The second-order valence-corrected chi connectivity index (χ2v) is 4.96. The third-order valence-corrected chi connectivity index (χ3v) is 3.31. The van der Waals surface area contributed by atoms with Gasteiger partial charge in [0, 0.05) is 11.6 Å². The van der Waals surface area contributed by atoms with Gasteiger partial charge in [-0.1, -0.05) is 11.6 Å². The van der Waals surface area contributed by atoms with E-state index in [9.17, 15) is 20.0 Å².